The van der Waals surface area contributed by atoms with Crippen LogP contribution in [0.5, 0.6) is 0 Å². The van der Waals surface area contributed by atoms with E-state index < -0.39 is 11.6 Å². The Morgan fingerprint density at radius 1 is 1.33 bits per heavy atom. The molecule has 7 heteroatoms. The Bertz CT molecular complexity index is 761. The van der Waals surface area contributed by atoms with Crippen LogP contribution in [-0.2, 0) is 20.8 Å². The number of benzene rings is 1. The van der Waals surface area contributed by atoms with Crippen LogP contribution in [0.4, 0.5) is 0 Å². The van der Waals surface area contributed by atoms with Crippen LogP contribution in [0.1, 0.15) is 17.3 Å². The third kappa shape index (κ3) is 3.42. The molecule has 1 saturated heterocycles. The number of rotatable bonds is 5. The normalized spacial score (nSPS) is 20.9. The van der Waals surface area contributed by atoms with Gasteiger partial charge in [-0.2, -0.15) is 0 Å². The second-order valence-electron chi connectivity index (χ2n) is 6.12. The number of hydrogen-bond acceptors (Lipinski definition) is 4. The number of carbonyl (C=O) groups excluding carboxylic acids is 1. The first kappa shape index (κ1) is 16.5. The quantitative estimate of drug-likeness (QED) is 0.860. The molecule has 2 N–H and O–H groups in total. The maximum atomic E-state index is 12.2. The zero-order valence-electron chi connectivity index (χ0n) is 13.4. The van der Waals surface area contributed by atoms with E-state index in [4.69, 9.17) is 9.47 Å². The van der Waals surface area contributed by atoms with Gasteiger partial charge < -0.3 is 24.5 Å². The predicted molar refractivity (Wildman–Crippen MR) is 87.1 cm³/mol. The first-order valence-electron chi connectivity index (χ1n) is 7.78. The summed E-state index contributed by atoms with van der Waals surface area (Å²) in [6.07, 6.45) is 1.49. The van der Waals surface area contributed by atoms with Crippen LogP contribution >= 0.6 is 0 Å². The Kier molecular flexibility index (Phi) is 4.55. The number of fused-ring (bicyclic) bond motifs is 1. The zero-order valence-corrected chi connectivity index (χ0v) is 13.4. The second kappa shape index (κ2) is 6.62. The van der Waals surface area contributed by atoms with E-state index in [0.717, 1.165) is 0 Å². The van der Waals surface area contributed by atoms with Gasteiger partial charge in [-0.1, -0.05) is 18.2 Å². The van der Waals surface area contributed by atoms with E-state index in [9.17, 15) is 14.7 Å². The third-order valence-corrected chi connectivity index (χ3v) is 4.08. The van der Waals surface area contributed by atoms with Crippen molar-refractivity contribution in [1.29, 1.82) is 0 Å². The molecule has 1 unspecified atom stereocenters. The van der Waals surface area contributed by atoms with E-state index in [2.05, 4.69) is 5.32 Å². The lowest BCUT2D eigenvalue weighted by atomic mass is 10.1. The van der Waals surface area contributed by atoms with Gasteiger partial charge in [0, 0.05) is 23.6 Å². The van der Waals surface area contributed by atoms with Crippen molar-refractivity contribution in [3.63, 3.8) is 0 Å². The number of aromatic nitrogens is 1. The fraction of sp³-hybridized carbons (Fsp3) is 0.412. The van der Waals surface area contributed by atoms with E-state index in [-0.39, 0.29) is 18.0 Å². The molecule has 1 aromatic carbocycles. The van der Waals surface area contributed by atoms with E-state index in [1.54, 1.807) is 22.8 Å². The molecule has 24 heavy (non-hydrogen) atoms. The number of carboxylic acids is 1. The molecule has 2 heterocycles. The lowest BCUT2D eigenvalue weighted by Crippen LogP contribution is -2.49. The number of carboxylic acid groups (broad SMARTS) is 1. The minimum atomic E-state index is -1.01. The molecule has 1 fully saturated rings. The molecule has 1 aromatic heterocycles. The van der Waals surface area contributed by atoms with Crippen LogP contribution in [0, 0.1) is 0 Å². The van der Waals surface area contributed by atoms with Gasteiger partial charge >= 0.3 is 5.97 Å². The molecule has 3 rings (SSSR count). The summed E-state index contributed by atoms with van der Waals surface area (Å²) in [6.45, 7) is 3.79. The topological polar surface area (TPSA) is 89.8 Å². The highest BCUT2D eigenvalue weighted by molar-refractivity contribution is 6.03. The number of hydrogen-bond donors (Lipinski definition) is 2. The molecule has 1 atom stereocenters. The number of nitrogens with zero attached hydrogens (tertiary/aromatic N) is 1. The SMILES string of the molecule is CC1(CNC(=O)Cn2cc(C(=O)O)c3ccccc32)COCCO1. The maximum absolute atomic E-state index is 12.2. The molecular formula is C17H20N2O5. The van der Waals surface area contributed by atoms with E-state index in [0.29, 0.717) is 37.3 Å². The van der Waals surface area contributed by atoms with Crippen molar-refractivity contribution in [3.05, 3.63) is 36.0 Å². The largest absolute Gasteiger partial charge is 0.478 e. The summed E-state index contributed by atoms with van der Waals surface area (Å²) in [7, 11) is 0. The van der Waals surface area contributed by atoms with Gasteiger partial charge in [0.05, 0.1) is 25.4 Å². The van der Waals surface area contributed by atoms with Crippen molar-refractivity contribution in [1.82, 2.24) is 9.88 Å². The first-order chi connectivity index (χ1) is 11.5. The van der Waals surface area contributed by atoms with E-state index >= 15 is 0 Å². The number of nitrogens with one attached hydrogen (secondary N) is 1. The summed E-state index contributed by atoms with van der Waals surface area (Å²) in [5.41, 5.74) is 0.377. The van der Waals surface area contributed by atoms with Crippen molar-refractivity contribution in [3.8, 4) is 0 Å². The molecule has 2 aromatic rings. The summed E-state index contributed by atoms with van der Waals surface area (Å²) in [5, 5.41) is 12.7. The second-order valence-corrected chi connectivity index (χ2v) is 6.12. The fourth-order valence-electron chi connectivity index (χ4n) is 2.82. The van der Waals surface area contributed by atoms with Crippen molar-refractivity contribution < 1.29 is 24.2 Å². The molecule has 1 aliphatic rings. The van der Waals surface area contributed by atoms with Crippen LogP contribution in [0.3, 0.4) is 0 Å². The predicted octanol–water partition coefficient (Wildman–Crippen LogP) is 1.26. The Balaban J connectivity index is 1.70. The fourth-order valence-corrected chi connectivity index (χ4v) is 2.82. The third-order valence-electron chi connectivity index (χ3n) is 4.08. The molecule has 7 nitrogen and oxygen atoms in total. The van der Waals surface area contributed by atoms with Gasteiger partial charge in [-0.25, -0.2) is 4.79 Å². The van der Waals surface area contributed by atoms with Crippen molar-refractivity contribution in [2.45, 2.75) is 19.1 Å². The minimum Gasteiger partial charge on any atom is -0.478 e. The Morgan fingerprint density at radius 2 is 2.12 bits per heavy atom. The minimum absolute atomic E-state index is 0.0464. The van der Waals surface area contributed by atoms with Gasteiger partial charge in [0.25, 0.3) is 0 Å². The lowest BCUT2D eigenvalue weighted by molar-refractivity contribution is -0.149. The summed E-state index contributed by atoms with van der Waals surface area (Å²) in [5.74, 6) is -1.21. The average Bonchev–Trinajstić information content (AvgIpc) is 2.93. The molecule has 0 saturated carbocycles. The van der Waals surface area contributed by atoms with Crippen molar-refractivity contribution >= 4 is 22.8 Å². The van der Waals surface area contributed by atoms with Gasteiger partial charge in [0.1, 0.15) is 12.1 Å². The molecule has 0 radical (unpaired) electrons. The van der Waals surface area contributed by atoms with E-state index in [1.165, 1.54) is 6.20 Å². The van der Waals surface area contributed by atoms with Crippen LogP contribution in [0.15, 0.2) is 30.5 Å². The van der Waals surface area contributed by atoms with Crippen LogP contribution in [0.25, 0.3) is 10.9 Å². The highest BCUT2D eigenvalue weighted by Crippen LogP contribution is 2.21. The smallest absolute Gasteiger partial charge is 0.337 e. The number of para-hydroxylation sites is 1. The highest BCUT2D eigenvalue weighted by atomic mass is 16.6. The van der Waals surface area contributed by atoms with Gasteiger partial charge in [-0.15, -0.1) is 0 Å². The Labute approximate surface area is 139 Å². The molecule has 1 amide bonds. The summed E-state index contributed by atoms with van der Waals surface area (Å²) in [6, 6.07) is 7.13. The number of amides is 1. The van der Waals surface area contributed by atoms with E-state index in [1.807, 2.05) is 13.0 Å². The number of aromatic carboxylic acids is 1. The van der Waals surface area contributed by atoms with Gasteiger partial charge in [0.15, 0.2) is 0 Å². The number of ether oxygens (including phenoxy) is 2. The molecule has 128 valence electrons. The van der Waals surface area contributed by atoms with Crippen LogP contribution in [0.2, 0.25) is 0 Å². The van der Waals surface area contributed by atoms with Crippen LogP contribution < -0.4 is 5.32 Å². The summed E-state index contributed by atoms with van der Waals surface area (Å²) < 4.78 is 12.7. The average molecular weight is 332 g/mol. The first-order valence-corrected chi connectivity index (χ1v) is 7.78. The standard InChI is InChI=1S/C17H20N2O5/c1-17(11-23-6-7-24-17)10-18-15(20)9-19-8-13(16(21)22)12-4-2-3-5-14(12)19/h2-5,8H,6-7,9-11H2,1H3,(H,18,20)(H,21,22). The summed E-state index contributed by atoms with van der Waals surface area (Å²) in [4.78, 5) is 23.6. The van der Waals surface area contributed by atoms with Crippen molar-refractivity contribution in [2.24, 2.45) is 0 Å². The Hall–Kier alpha value is -2.38. The molecule has 0 spiro atoms. The van der Waals surface area contributed by atoms with Gasteiger partial charge in [-0.3, -0.25) is 4.79 Å². The molecule has 0 aliphatic carbocycles. The highest BCUT2D eigenvalue weighted by Gasteiger charge is 2.29. The van der Waals surface area contributed by atoms with Gasteiger partial charge in [-0.05, 0) is 13.0 Å². The monoisotopic (exact) mass is 332 g/mol. The Morgan fingerprint density at radius 3 is 2.83 bits per heavy atom. The maximum Gasteiger partial charge on any atom is 0.337 e. The molecule has 1 aliphatic heterocycles. The summed E-state index contributed by atoms with van der Waals surface area (Å²) >= 11 is 0. The molecular weight excluding hydrogens is 312 g/mol. The number of carbonyl (C=O) groups is 2. The zero-order chi connectivity index (χ0) is 17.2. The van der Waals surface area contributed by atoms with Gasteiger partial charge in [0.2, 0.25) is 5.91 Å². The molecule has 0 bridgehead atoms. The van der Waals surface area contributed by atoms with Crippen molar-refractivity contribution in [2.75, 3.05) is 26.4 Å². The van der Waals surface area contributed by atoms with Crippen LogP contribution in [-0.4, -0.2) is 53.5 Å². The lowest BCUT2D eigenvalue weighted by Gasteiger charge is -2.33.